The Labute approximate surface area is 288 Å². The van der Waals surface area contributed by atoms with Crippen molar-refractivity contribution in [3.8, 4) is 0 Å². The van der Waals surface area contributed by atoms with E-state index in [0.29, 0.717) is 6.42 Å². The Morgan fingerprint density at radius 3 is 1.54 bits per heavy atom. The minimum absolute atomic E-state index is 0.240. The fourth-order valence-electron chi connectivity index (χ4n) is 6.74. The summed E-state index contributed by atoms with van der Waals surface area (Å²) in [6.45, 7) is 8.57. The number of carbonyl (C=O) groups excluding carboxylic acids is 1. The van der Waals surface area contributed by atoms with E-state index in [1.165, 1.54) is 166 Å². The third-order valence-electron chi connectivity index (χ3n) is 9.99. The maximum Gasteiger partial charge on any atom is 0.219 e. The third-order valence-corrected chi connectivity index (χ3v) is 9.99. The van der Waals surface area contributed by atoms with Crippen LogP contribution in [-0.2, 0) is 4.79 Å². The molecule has 1 rings (SSSR count). The zero-order valence-corrected chi connectivity index (χ0v) is 31.4. The number of aliphatic imine (C=N–C) groups is 1. The van der Waals surface area contributed by atoms with Gasteiger partial charge in [-0.15, -0.1) is 0 Å². The van der Waals surface area contributed by atoms with Crippen LogP contribution in [0.3, 0.4) is 0 Å². The Kier molecular flexibility index (Phi) is 29.8. The van der Waals surface area contributed by atoms with Gasteiger partial charge in [-0.1, -0.05) is 141 Å². The molecule has 0 aliphatic carbocycles. The number of rotatable bonds is 34. The largest absolute Gasteiger partial charge is 0.356 e. The molecule has 0 saturated heterocycles. The van der Waals surface area contributed by atoms with Crippen molar-refractivity contribution < 1.29 is 9.28 Å². The fraction of sp³-hybridized carbons (Fsp3) is 0.857. The number of amidine groups is 1. The molecule has 1 aliphatic rings. The van der Waals surface area contributed by atoms with Crippen LogP contribution in [0.2, 0.25) is 0 Å². The smallest absolute Gasteiger partial charge is 0.219 e. The van der Waals surface area contributed by atoms with Crippen molar-refractivity contribution in [2.24, 2.45) is 4.99 Å². The van der Waals surface area contributed by atoms with Crippen molar-refractivity contribution in [3.05, 3.63) is 24.3 Å². The van der Waals surface area contributed by atoms with Gasteiger partial charge in [-0.25, -0.2) is 4.99 Å². The van der Waals surface area contributed by atoms with E-state index in [4.69, 9.17) is 4.99 Å². The van der Waals surface area contributed by atoms with Crippen molar-refractivity contribution in [3.63, 3.8) is 0 Å². The van der Waals surface area contributed by atoms with E-state index >= 15 is 0 Å². The molecule has 0 radical (unpaired) electrons. The molecule has 1 unspecified atom stereocenters. The first-order chi connectivity index (χ1) is 22.6. The second-order valence-electron chi connectivity index (χ2n) is 14.5. The maximum atomic E-state index is 12.3. The molecule has 46 heavy (non-hydrogen) atoms. The summed E-state index contributed by atoms with van der Waals surface area (Å²) in [5.41, 5.74) is 0. The maximum absolute atomic E-state index is 12.3. The summed E-state index contributed by atoms with van der Waals surface area (Å²) in [6.07, 6.45) is 46.9. The highest BCUT2D eigenvalue weighted by atomic mass is 16.1. The van der Waals surface area contributed by atoms with E-state index in [0.717, 1.165) is 49.9 Å². The highest BCUT2D eigenvalue weighted by molar-refractivity contribution is 5.77. The monoisotopic (exact) mass is 643 g/mol. The zero-order chi connectivity index (χ0) is 33.2. The van der Waals surface area contributed by atoms with Crippen LogP contribution in [0.4, 0.5) is 0 Å². The first-order valence-corrected chi connectivity index (χ1v) is 20.6. The Balaban J connectivity index is 1.94. The number of likely N-dealkylation sites (N-methyl/N-ethyl adjacent to an activating group) is 1. The number of nitrogens with one attached hydrogen (secondary N) is 1. The minimum Gasteiger partial charge on any atom is -0.356 e. The molecular formula is C42H80N3O+. The van der Waals surface area contributed by atoms with Gasteiger partial charge in [0.15, 0.2) is 5.84 Å². The van der Waals surface area contributed by atoms with Gasteiger partial charge < -0.3 is 5.32 Å². The second-order valence-corrected chi connectivity index (χ2v) is 14.5. The molecule has 0 bridgehead atoms. The lowest BCUT2D eigenvalue weighted by Gasteiger charge is -2.30. The molecule has 0 aromatic rings. The van der Waals surface area contributed by atoms with Gasteiger partial charge in [-0.05, 0) is 64.2 Å². The average molecular weight is 643 g/mol. The highest BCUT2D eigenvalue weighted by Gasteiger charge is 2.32. The van der Waals surface area contributed by atoms with E-state index in [2.05, 4.69) is 50.5 Å². The summed E-state index contributed by atoms with van der Waals surface area (Å²) in [6, 6.07) is 0. The SMILES string of the molecule is CCCCCCCC/C=C\CCCCCCCC(=O)NCCC[N+]1(C)CCN=C1CCCCCCC/C=C\CCCCCCCC. The van der Waals surface area contributed by atoms with Crippen molar-refractivity contribution in [1.29, 1.82) is 0 Å². The van der Waals surface area contributed by atoms with Gasteiger partial charge in [-0.3, -0.25) is 9.28 Å². The number of allylic oxidation sites excluding steroid dienone is 4. The van der Waals surface area contributed by atoms with E-state index in [1.54, 1.807) is 0 Å². The number of quaternary nitrogens is 1. The molecule has 1 atom stereocenters. The molecule has 1 aliphatic heterocycles. The van der Waals surface area contributed by atoms with Crippen LogP contribution in [0.15, 0.2) is 29.3 Å². The van der Waals surface area contributed by atoms with Crippen LogP contribution < -0.4 is 5.32 Å². The summed E-state index contributed by atoms with van der Waals surface area (Å²) in [5, 5.41) is 3.19. The molecule has 0 saturated carbocycles. The molecule has 0 spiro atoms. The second kappa shape index (κ2) is 32.1. The average Bonchev–Trinajstić information content (AvgIpc) is 3.42. The predicted octanol–water partition coefficient (Wildman–Crippen LogP) is 12.4. The van der Waals surface area contributed by atoms with Gasteiger partial charge in [0.2, 0.25) is 5.91 Å². The number of nitrogens with zero attached hydrogens (tertiary/aromatic N) is 2. The van der Waals surface area contributed by atoms with Crippen LogP contribution in [0.5, 0.6) is 0 Å². The van der Waals surface area contributed by atoms with Gasteiger partial charge in [0.25, 0.3) is 0 Å². The fourth-order valence-corrected chi connectivity index (χ4v) is 6.74. The topological polar surface area (TPSA) is 41.5 Å². The molecule has 0 fully saturated rings. The van der Waals surface area contributed by atoms with Gasteiger partial charge >= 0.3 is 0 Å². The lowest BCUT2D eigenvalue weighted by Crippen LogP contribution is -2.48. The quantitative estimate of drug-likeness (QED) is 0.0423. The first kappa shape index (κ1) is 42.6. The molecule has 0 aromatic carbocycles. The van der Waals surface area contributed by atoms with Gasteiger partial charge in [0.1, 0.15) is 6.54 Å². The molecule has 1 amide bonds. The molecular weight excluding hydrogens is 562 g/mol. The van der Waals surface area contributed by atoms with E-state index < -0.39 is 0 Å². The molecule has 1 N–H and O–H groups in total. The van der Waals surface area contributed by atoms with Crippen LogP contribution in [0.1, 0.15) is 200 Å². The molecule has 4 heteroatoms. The van der Waals surface area contributed by atoms with E-state index in [9.17, 15) is 4.79 Å². The lowest BCUT2D eigenvalue weighted by molar-refractivity contribution is -0.815. The van der Waals surface area contributed by atoms with E-state index in [-0.39, 0.29) is 5.91 Å². The Morgan fingerprint density at radius 2 is 1.04 bits per heavy atom. The van der Waals surface area contributed by atoms with Crippen molar-refractivity contribution in [2.75, 3.05) is 33.2 Å². The van der Waals surface area contributed by atoms with Crippen LogP contribution in [0.25, 0.3) is 0 Å². The first-order valence-electron chi connectivity index (χ1n) is 20.6. The molecule has 1 heterocycles. The van der Waals surface area contributed by atoms with Crippen molar-refractivity contribution >= 4 is 11.7 Å². The lowest BCUT2D eigenvalue weighted by atomic mass is 10.1. The summed E-state index contributed by atoms with van der Waals surface area (Å²) < 4.78 is 0.994. The van der Waals surface area contributed by atoms with Gasteiger partial charge in [0.05, 0.1) is 20.1 Å². The Bertz CT molecular complexity index is 773. The van der Waals surface area contributed by atoms with Crippen molar-refractivity contribution in [1.82, 2.24) is 5.32 Å². The summed E-state index contributed by atoms with van der Waals surface area (Å²) in [5.74, 6) is 1.64. The zero-order valence-electron chi connectivity index (χ0n) is 31.4. The third kappa shape index (κ3) is 25.6. The molecule has 268 valence electrons. The van der Waals surface area contributed by atoms with Gasteiger partial charge in [0, 0.05) is 25.8 Å². The number of hydrogen-bond donors (Lipinski definition) is 1. The summed E-state index contributed by atoms with van der Waals surface area (Å²) in [7, 11) is 2.36. The van der Waals surface area contributed by atoms with Crippen LogP contribution in [0, 0.1) is 0 Å². The number of unbranched alkanes of at least 4 members (excludes halogenated alkanes) is 22. The highest BCUT2D eigenvalue weighted by Crippen LogP contribution is 2.19. The number of amides is 1. The Morgan fingerprint density at radius 1 is 0.609 bits per heavy atom. The number of hydrogen-bond acceptors (Lipinski definition) is 2. The summed E-state index contributed by atoms with van der Waals surface area (Å²) in [4.78, 5) is 17.2. The van der Waals surface area contributed by atoms with Crippen molar-refractivity contribution in [2.45, 2.75) is 200 Å². The predicted molar refractivity (Wildman–Crippen MR) is 205 cm³/mol. The summed E-state index contributed by atoms with van der Waals surface area (Å²) >= 11 is 0. The normalized spacial score (nSPS) is 16.6. The standard InChI is InChI=1S/C42H79N3O/c1-4-6-8-10-12-14-16-18-20-22-24-26-28-30-32-35-41-43-38-40-45(41,3)39-34-37-44-42(46)36-33-31-29-27-25-23-21-19-17-15-13-11-9-7-5-2/h18-21H,4-17,22-40H2,1-3H3/p+1/b20-18-,21-19-. The van der Waals surface area contributed by atoms with Crippen LogP contribution in [-0.4, -0.2) is 49.5 Å². The number of carbonyl (C=O) groups is 1. The van der Waals surface area contributed by atoms with E-state index in [1.807, 2.05) is 0 Å². The van der Waals surface area contributed by atoms with Crippen LogP contribution >= 0.6 is 0 Å². The molecule has 4 nitrogen and oxygen atoms in total. The minimum atomic E-state index is 0.240. The van der Waals surface area contributed by atoms with Gasteiger partial charge in [-0.2, -0.15) is 0 Å². The molecule has 0 aromatic heterocycles. The Hall–Kier alpha value is -1.42.